The van der Waals surface area contributed by atoms with Crippen LogP contribution in [0.1, 0.15) is 6.92 Å². The van der Waals surface area contributed by atoms with Gasteiger partial charge in [-0.3, -0.25) is 4.79 Å². The summed E-state index contributed by atoms with van der Waals surface area (Å²) in [5, 5.41) is 2.21. The van der Waals surface area contributed by atoms with Gasteiger partial charge in [0.1, 0.15) is 11.5 Å². The molecule has 0 aliphatic rings. The summed E-state index contributed by atoms with van der Waals surface area (Å²) in [5.41, 5.74) is 2.05. The number of hydrogen-bond donors (Lipinski definition) is 0. The van der Waals surface area contributed by atoms with E-state index in [1.54, 1.807) is 19.2 Å². The normalized spacial score (nSPS) is 10.4. The van der Waals surface area contributed by atoms with E-state index in [9.17, 15) is 9.59 Å². The summed E-state index contributed by atoms with van der Waals surface area (Å²) < 4.78 is 10.2. The van der Waals surface area contributed by atoms with Gasteiger partial charge in [0.2, 0.25) is 5.78 Å². The largest absolute Gasteiger partial charge is 0.497 e. The molecule has 0 aliphatic carbocycles. The molecular weight excluding hydrogens is 304 g/mol. The summed E-state index contributed by atoms with van der Waals surface area (Å²) in [6.07, 6.45) is 0. The van der Waals surface area contributed by atoms with Crippen LogP contribution in [0.3, 0.4) is 0 Å². The minimum atomic E-state index is -0.859. The van der Waals surface area contributed by atoms with E-state index in [2.05, 4.69) is 6.07 Å². The highest BCUT2D eigenvalue weighted by Gasteiger charge is 2.10. The summed E-state index contributed by atoms with van der Waals surface area (Å²) in [4.78, 5) is 22.2. The van der Waals surface area contributed by atoms with Crippen LogP contribution in [0.2, 0.25) is 0 Å². The quantitative estimate of drug-likeness (QED) is 0.414. The zero-order valence-electron chi connectivity index (χ0n) is 13.4. The number of benzene rings is 3. The summed E-state index contributed by atoms with van der Waals surface area (Å²) in [6, 6.07) is 19.1. The van der Waals surface area contributed by atoms with Gasteiger partial charge in [-0.2, -0.15) is 0 Å². The second-order valence-electron chi connectivity index (χ2n) is 5.40. The standard InChI is InChI=1S/C20H16O4/c1-13(21)20(22)24-18-8-5-14(6-9-18)15-3-4-17-12-19(23-2)10-7-16(17)11-15/h3-12H,1-2H3. The Morgan fingerprint density at radius 1 is 0.750 bits per heavy atom. The minimum Gasteiger partial charge on any atom is -0.497 e. The number of ketones is 1. The van der Waals surface area contributed by atoms with E-state index in [0.717, 1.165) is 27.6 Å². The number of carbonyl (C=O) groups excluding carboxylic acids is 2. The molecule has 0 unspecified atom stereocenters. The van der Waals surface area contributed by atoms with Gasteiger partial charge in [-0.15, -0.1) is 0 Å². The van der Waals surface area contributed by atoms with Crippen molar-refractivity contribution in [2.24, 2.45) is 0 Å². The lowest BCUT2D eigenvalue weighted by Crippen LogP contribution is -2.16. The molecule has 0 saturated heterocycles. The lowest BCUT2D eigenvalue weighted by molar-refractivity contribution is -0.146. The van der Waals surface area contributed by atoms with E-state index >= 15 is 0 Å². The van der Waals surface area contributed by atoms with Gasteiger partial charge in [-0.1, -0.05) is 30.3 Å². The van der Waals surface area contributed by atoms with Gasteiger partial charge in [0, 0.05) is 6.92 Å². The van der Waals surface area contributed by atoms with Crippen LogP contribution < -0.4 is 9.47 Å². The van der Waals surface area contributed by atoms with Crippen molar-refractivity contribution in [2.45, 2.75) is 6.92 Å². The van der Waals surface area contributed by atoms with Crippen LogP contribution in [-0.2, 0) is 9.59 Å². The Bertz CT molecular complexity index is 911. The number of rotatable bonds is 4. The molecule has 3 aromatic rings. The summed E-state index contributed by atoms with van der Waals surface area (Å²) in [5.74, 6) is -0.303. The average Bonchev–Trinajstić information content (AvgIpc) is 2.61. The molecular formula is C20H16O4. The number of carbonyl (C=O) groups is 2. The van der Waals surface area contributed by atoms with Crippen molar-refractivity contribution in [2.75, 3.05) is 7.11 Å². The molecule has 3 rings (SSSR count). The summed E-state index contributed by atoms with van der Waals surface area (Å²) in [6.45, 7) is 1.18. The number of hydrogen-bond acceptors (Lipinski definition) is 4. The first kappa shape index (κ1) is 15.7. The zero-order chi connectivity index (χ0) is 17.1. The zero-order valence-corrected chi connectivity index (χ0v) is 13.4. The third-order valence-corrected chi connectivity index (χ3v) is 3.73. The number of esters is 1. The first-order chi connectivity index (χ1) is 11.6. The highest BCUT2D eigenvalue weighted by Crippen LogP contribution is 2.28. The van der Waals surface area contributed by atoms with Gasteiger partial charge in [-0.05, 0) is 52.2 Å². The monoisotopic (exact) mass is 320 g/mol. The van der Waals surface area contributed by atoms with Crippen LogP contribution in [0.15, 0.2) is 60.7 Å². The second kappa shape index (κ2) is 6.54. The molecule has 0 heterocycles. The topological polar surface area (TPSA) is 52.6 Å². The summed E-state index contributed by atoms with van der Waals surface area (Å²) >= 11 is 0. The van der Waals surface area contributed by atoms with Crippen molar-refractivity contribution in [1.82, 2.24) is 0 Å². The molecule has 3 aromatic carbocycles. The lowest BCUT2D eigenvalue weighted by atomic mass is 10.0. The van der Waals surface area contributed by atoms with E-state index in [1.165, 1.54) is 6.92 Å². The van der Waals surface area contributed by atoms with Gasteiger partial charge in [0.25, 0.3) is 0 Å². The average molecular weight is 320 g/mol. The number of methoxy groups -OCH3 is 1. The fourth-order valence-electron chi connectivity index (χ4n) is 2.42. The van der Waals surface area contributed by atoms with Crippen molar-refractivity contribution in [3.8, 4) is 22.6 Å². The van der Waals surface area contributed by atoms with Crippen LogP contribution in [-0.4, -0.2) is 18.9 Å². The molecule has 0 aromatic heterocycles. The Morgan fingerprint density at radius 2 is 1.33 bits per heavy atom. The highest BCUT2D eigenvalue weighted by molar-refractivity contribution is 6.33. The first-order valence-corrected chi connectivity index (χ1v) is 7.48. The van der Waals surface area contributed by atoms with Crippen LogP contribution >= 0.6 is 0 Å². The minimum absolute atomic E-state index is 0.351. The number of ether oxygens (including phenoxy) is 2. The molecule has 0 bridgehead atoms. The molecule has 4 nitrogen and oxygen atoms in total. The lowest BCUT2D eigenvalue weighted by Gasteiger charge is -2.07. The van der Waals surface area contributed by atoms with E-state index in [-0.39, 0.29) is 0 Å². The fraction of sp³-hybridized carbons (Fsp3) is 0.100. The van der Waals surface area contributed by atoms with Crippen molar-refractivity contribution in [1.29, 1.82) is 0 Å². The highest BCUT2D eigenvalue weighted by atomic mass is 16.5. The van der Waals surface area contributed by atoms with Crippen molar-refractivity contribution in [3.63, 3.8) is 0 Å². The van der Waals surface area contributed by atoms with Gasteiger partial charge in [0.15, 0.2) is 0 Å². The molecule has 4 heteroatoms. The molecule has 0 radical (unpaired) electrons. The van der Waals surface area contributed by atoms with Crippen molar-refractivity contribution >= 4 is 22.5 Å². The maximum Gasteiger partial charge on any atom is 0.379 e. The molecule has 0 spiro atoms. The Hall–Kier alpha value is -3.14. The molecule has 24 heavy (non-hydrogen) atoms. The number of Topliss-reactive ketones (excluding diaryl/α,β-unsaturated/α-hetero) is 1. The van der Waals surface area contributed by atoms with Gasteiger partial charge >= 0.3 is 5.97 Å². The summed E-state index contributed by atoms with van der Waals surface area (Å²) in [7, 11) is 1.65. The third kappa shape index (κ3) is 3.27. The number of fused-ring (bicyclic) bond motifs is 1. The smallest absolute Gasteiger partial charge is 0.379 e. The maximum absolute atomic E-state index is 11.3. The molecule has 0 aliphatic heterocycles. The first-order valence-electron chi connectivity index (χ1n) is 7.48. The van der Waals surface area contributed by atoms with Crippen molar-refractivity contribution < 1.29 is 19.1 Å². The molecule has 0 N–H and O–H groups in total. The van der Waals surface area contributed by atoms with Gasteiger partial charge in [-0.25, -0.2) is 4.79 Å². The molecule has 0 amide bonds. The Kier molecular flexibility index (Phi) is 4.29. The van der Waals surface area contributed by atoms with E-state index in [4.69, 9.17) is 9.47 Å². The van der Waals surface area contributed by atoms with E-state index < -0.39 is 11.8 Å². The molecule has 120 valence electrons. The SMILES string of the molecule is COc1ccc2cc(-c3ccc(OC(=O)C(C)=O)cc3)ccc2c1. The van der Waals surface area contributed by atoms with Gasteiger partial charge < -0.3 is 9.47 Å². The molecule has 0 fully saturated rings. The van der Waals surface area contributed by atoms with Crippen LogP contribution in [0.4, 0.5) is 0 Å². The predicted molar refractivity (Wildman–Crippen MR) is 92.3 cm³/mol. The van der Waals surface area contributed by atoms with Crippen LogP contribution in [0.5, 0.6) is 11.5 Å². The second-order valence-corrected chi connectivity index (χ2v) is 5.40. The Balaban J connectivity index is 1.87. The predicted octanol–water partition coefficient (Wildman–Crippen LogP) is 4.01. The van der Waals surface area contributed by atoms with Crippen LogP contribution in [0.25, 0.3) is 21.9 Å². The molecule has 0 saturated carbocycles. The Morgan fingerprint density at radius 3 is 2.00 bits per heavy atom. The third-order valence-electron chi connectivity index (χ3n) is 3.73. The van der Waals surface area contributed by atoms with Crippen molar-refractivity contribution in [3.05, 3.63) is 60.7 Å². The van der Waals surface area contributed by atoms with E-state index in [1.807, 2.05) is 42.5 Å². The molecule has 0 atom stereocenters. The Labute approximate surface area is 139 Å². The fourth-order valence-corrected chi connectivity index (χ4v) is 2.42. The maximum atomic E-state index is 11.3. The van der Waals surface area contributed by atoms with Gasteiger partial charge in [0.05, 0.1) is 7.11 Å². The van der Waals surface area contributed by atoms with E-state index in [0.29, 0.717) is 5.75 Å². The van der Waals surface area contributed by atoms with Crippen LogP contribution in [0, 0.1) is 0 Å².